The number of carbonyl (C=O) groups is 1. The molecule has 146 valence electrons. The summed E-state index contributed by atoms with van der Waals surface area (Å²) >= 11 is 2.86. The molecule has 0 spiro atoms. The molecule has 0 radical (unpaired) electrons. The zero-order valence-corrected chi connectivity index (χ0v) is 17.8. The maximum atomic E-state index is 12.9. The van der Waals surface area contributed by atoms with Crippen LogP contribution >= 0.6 is 23.1 Å². The lowest BCUT2D eigenvalue weighted by Crippen LogP contribution is -2.38. The largest absolute Gasteiger partial charge is 0.353 e. The topological polar surface area (TPSA) is 64.0 Å². The zero-order chi connectivity index (χ0) is 19.6. The van der Waals surface area contributed by atoms with E-state index in [0.29, 0.717) is 17.1 Å². The van der Waals surface area contributed by atoms with Crippen molar-refractivity contribution in [2.24, 2.45) is 5.92 Å². The number of thioether (sulfide) groups is 1. The molecule has 0 atom stereocenters. The minimum Gasteiger partial charge on any atom is -0.353 e. The molecule has 27 heavy (non-hydrogen) atoms. The van der Waals surface area contributed by atoms with Crippen LogP contribution in [0.5, 0.6) is 0 Å². The van der Waals surface area contributed by atoms with Gasteiger partial charge in [-0.2, -0.15) is 0 Å². The van der Waals surface area contributed by atoms with Crippen LogP contribution in [0.1, 0.15) is 43.0 Å². The molecule has 2 aromatic rings. The third-order valence-corrected chi connectivity index (χ3v) is 7.36. The number of carbonyl (C=O) groups excluding carboxylic acids is 1. The Morgan fingerprint density at radius 3 is 2.74 bits per heavy atom. The molecule has 2 aromatic heterocycles. The van der Waals surface area contributed by atoms with Gasteiger partial charge in [-0.1, -0.05) is 24.8 Å². The van der Waals surface area contributed by atoms with Crippen LogP contribution < -0.4 is 10.9 Å². The fraction of sp³-hybridized carbons (Fsp3) is 0.550. The molecule has 1 fully saturated rings. The average Bonchev–Trinajstić information content (AvgIpc) is 2.92. The van der Waals surface area contributed by atoms with Gasteiger partial charge in [-0.3, -0.25) is 14.2 Å². The molecule has 0 aliphatic heterocycles. The minimum absolute atomic E-state index is 0.0117. The molecule has 7 heteroatoms. The van der Waals surface area contributed by atoms with Crippen molar-refractivity contribution in [3.8, 4) is 0 Å². The summed E-state index contributed by atoms with van der Waals surface area (Å²) in [6, 6.07) is 0.280. The molecular weight excluding hydrogens is 378 g/mol. The number of aromatic nitrogens is 2. The first-order valence-corrected chi connectivity index (χ1v) is 11.2. The van der Waals surface area contributed by atoms with E-state index >= 15 is 0 Å². The van der Waals surface area contributed by atoms with Crippen LogP contribution in [0.2, 0.25) is 0 Å². The zero-order valence-electron chi connectivity index (χ0n) is 16.2. The van der Waals surface area contributed by atoms with E-state index in [4.69, 9.17) is 0 Å². The molecule has 3 rings (SSSR count). The fourth-order valence-corrected chi connectivity index (χ4v) is 5.40. The summed E-state index contributed by atoms with van der Waals surface area (Å²) in [6.07, 6.45) is 6.14. The molecule has 0 unspecified atom stereocenters. The highest BCUT2D eigenvalue weighted by Crippen LogP contribution is 2.28. The predicted molar refractivity (Wildman–Crippen MR) is 114 cm³/mol. The van der Waals surface area contributed by atoms with E-state index in [1.165, 1.54) is 35.9 Å². The highest BCUT2D eigenvalue weighted by atomic mass is 32.2. The number of allylic oxidation sites excluding steroid dienone is 1. The first-order chi connectivity index (χ1) is 12.9. The molecule has 1 aliphatic rings. The second kappa shape index (κ2) is 8.61. The maximum Gasteiger partial charge on any atom is 0.263 e. The quantitative estimate of drug-likeness (QED) is 0.447. The van der Waals surface area contributed by atoms with Crippen LogP contribution in [0.25, 0.3) is 10.2 Å². The summed E-state index contributed by atoms with van der Waals surface area (Å²) in [5.74, 6) is 1.04. The lowest BCUT2D eigenvalue weighted by molar-refractivity contribution is -0.119. The van der Waals surface area contributed by atoms with Gasteiger partial charge < -0.3 is 5.32 Å². The van der Waals surface area contributed by atoms with Gasteiger partial charge in [0.2, 0.25) is 5.91 Å². The lowest BCUT2D eigenvalue weighted by Gasteiger charge is -2.26. The number of thiophene rings is 1. The number of hydrogen-bond donors (Lipinski definition) is 1. The number of aryl methyl sites for hydroxylation is 2. The number of rotatable bonds is 6. The maximum absolute atomic E-state index is 12.9. The molecule has 1 N–H and O–H groups in total. The van der Waals surface area contributed by atoms with Gasteiger partial charge in [-0.15, -0.1) is 17.9 Å². The van der Waals surface area contributed by atoms with Crippen molar-refractivity contribution >= 4 is 39.2 Å². The van der Waals surface area contributed by atoms with Crippen LogP contribution in [0.3, 0.4) is 0 Å². The van der Waals surface area contributed by atoms with E-state index in [1.807, 2.05) is 13.8 Å². The van der Waals surface area contributed by atoms with Crippen molar-refractivity contribution in [2.75, 3.05) is 5.75 Å². The SMILES string of the molecule is C=CCn1c(SCC(=O)NC2CCC(C)CC2)nc2sc(C)c(C)c2c1=O. The molecule has 1 amide bonds. The van der Waals surface area contributed by atoms with Gasteiger partial charge in [0.1, 0.15) is 4.83 Å². The van der Waals surface area contributed by atoms with Crippen molar-refractivity contribution in [3.05, 3.63) is 33.4 Å². The van der Waals surface area contributed by atoms with Crippen LogP contribution in [0.15, 0.2) is 22.6 Å². The van der Waals surface area contributed by atoms with Crippen LogP contribution in [-0.4, -0.2) is 27.3 Å². The second-order valence-corrected chi connectivity index (χ2v) is 9.52. The summed E-state index contributed by atoms with van der Waals surface area (Å²) in [5.41, 5.74) is 0.942. The summed E-state index contributed by atoms with van der Waals surface area (Å²) in [6.45, 7) is 10.4. The molecule has 5 nitrogen and oxygen atoms in total. The Kier molecular flexibility index (Phi) is 6.42. The van der Waals surface area contributed by atoms with Gasteiger partial charge in [0.25, 0.3) is 5.56 Å². The predicted octanol–water partition coefficient (Wildman–Crippen LogP) is 4.05. The summed E-state index contributed by atoms with van der Waals surface area (Å²) in [7, 11) is 0. The van der Waals surface area contributed by atoms with E-state index in [0.717, 1.165) is 34.0 Å². The molecule has 1 saturated carbocycles. The van der Waals surface area contributed by atoms with Crippen molar-refractivity contribution < 1.29 is 4.79 Å². The standard InChI is InChI=1S/C20H27N3O2S2/c1-5-10-23-19(25)17-13(3)14(4)27-18(17)22-20(23)26-11-16(24)21-15-8-6-12(2)7-9-15/h5,12,15H,1,6-11H2,2-4H3,(H,21,24). The van der Waals surface area contributed by atoms with Crippen molar-refractivity contribution in [1.29, 1.82) is 0 Å². The fourth-order valence-electron chi connectivity index (χ4n) is 3.51. The van der Waals surface area contributed by atoms with Crippen molar-refractivity contribution in [1.82, 2.24) is 14.9 Å². The monoisotopic (exact) mass is 405 g/mol. The van der Waals surface area contributed by atoms with E-state index in [2.05, 4.69) is 23.8 Å². The van der Waals surface area contributed by atoms with E-state index < -0.39 is 0 Å². The number of nitrogens with one attached hydrogen (secondary N) is 1. The van der Waals surface area contributed by atoms with Crippen LogP contribution in [0, 0.1) is 19.8 Å². The van der Waals surface area contributed by atoms with Gasteiger partial charge in [-0.25, -0.2) is 4.98 Å². The van der Waals surface area contributed by atoms with Gasteiger partial charge in [-0.05, 0) is 51.0 Å². The third kappa shape index (κ3) is 4.46. The van der Waals surface area contributed by atoms with Crippen LogP contribution in [-0.2, 0) is 11.3 Å². The molecule has 0 bridgehead atoms. The molecule has 0 aromatic carbocycles. The van der Waals surface area contributed by atoms with Crippen LogP contribution in [0.4, 0.5) is 0 Å². The number of amides is 1. The number of hydrogen-bond acceptors (Lipinski definition) is 5. The number of nitrogens with zero attached hydrogens (tertiary/aromatic N) is 2. The molecule has 1 aliphatic carbocycles. The Balaban J connectivity index is 1.75. The highest BCUT2D eigenvalue weighted by Gasteiger charge is 2.21. The Morgan fingerprint density at radius 2 is 2.07 bits per heavy atom. The summed E-state index contributed by atoms with van der Waals surface area (Å²) in [5, 5.41) is 4.40. The normalized spacial score (nSPS) is 20.0. The van der Waals surface area contributed by atoms with E-state index in [9.17, 15) is 9.59 Å². The molecule has 2 heterocycles. The lowest BCUT2D eigenvalue weighted by atomic mass is 9.87. The smallest absolute Gasteiger partial charge is 0.263 e. The number of fused-ring (bicyclic) bond motifs is 1. The third-order valence-electron chi connectivity index (χ3n) is 5.28. The Hall–Kier alpha value is -1.60. The first-order valence-electron chi connectivity index (χ1n) is 9.44. The highest BCUT2D eigenvalue weighted by molar-refractivity contribution is 7.99. The molecule has 0 saturated heterocycles. The average molecular weight is 406 g/mol. The van der Waals surface area contributed by atoms with Gasteiger partial charge >= 0.3 is 0 Å². The van der Waals surface area contributed by atoms with Crippen molar-refractivity contribution in [3.63, 3.8) is 0 Å². The Labute approximate surface area is 168 Å². The Bertz CT molecular complexity index is 908. The van der Waals surface area contributed by atoms with Gasteiger partial charge in [0, 0.05) is 17.5 Å². The minimum atomic E-state index is -0.0501. The molecular formula is C20H27N3O2S2. The van der Waals surface area contributed by atoms with E-state index in [1.54, 1.807) is 10.6 Å². The summed E-state index contributed by atoms with van der Waals surface area (Å²) in [4.78, 5) is 31.8. The summed E-state index contributed by atoms with van der Waals surface area (Å²) < 4.78 is 1.62. The van der Waals surface area contributed by atoms with Gasteiger partial charge in [0.15, 0.2) is 5.16 Å². The van der Waals surface area contributed by atoms with Crippen molar-refractivity contribution in [2.45, 2.75) is 64.2 Å². The second-order valence-electron chi connectivity index (χ2n) is 7.38. The first kappa shape index (κ1) is 20.1. The Morgan fingerprint density at radius 1 is 1.37 bits per heavy atom. The van der Waals surface area contributed by atoms with Gasteiger partial charge in [0.05, 0.1) is 11.1 Å². The van der Waals surface area contributed by atoms with E-state index in [-0.39, 0.29) is 23.3 Å².